The van der Waals surface area contributed by atoms with E-state index in [1.165, 1.54) is 7.11 Å². The monoisotopic (exact) mass is 318 g/mol. The second kappa shape index (κ2) is 8.24. The van der Waals surface area contributed by atoms with Crippen LogP contribution in [0.3, 0.4) is 0 Å². The van der Waals surface area contributed by atoms with Crippen molar-refractivity contribution in [2.75, 3.05) is 20.3 Å². The van der Waals surface area contributed by atoms with Crippen LogP contribution < -0.4 is 11.5 Å². The Labute approximate surface area is 135 Å². The highest BCUT2D eigenvalue weighted by Gasteiger charge is 2.17. The number of methoxy groups -OCH3 is 1. The number of hydrogen-bond donors (Lipinski definition) is 2. The van der Waals surface area contributed by atoms with Crippen LogP contribution in [0.15, 0.2) is 42.0 Å². The van der Waals surface area contributed by atoms with Crippen LogP contribution in [0.5, 0.6) is 0 Å². The zero-order valence-electron chi connectivity index (χ0n) is 13.2. The summed E-state index contributed by atoms with van der Waals surface area (Å²) in [6.07, 6.45) is 4.15. The normalized spacial score (nSPS) is 19.7. The fraction of sp³-hybridized carbons (Fsp3) is 0.353. The first-order valence-electron chi connectivity index (χ1n) is 7.45. The first-order chi connectivity index (χ1) is 11.1. The van der Waals surface area contributed by atoms with Gasteiger partial charge in [0.05, 0.1) is 13.7 Å². The average molecular weight is 318 g/mol. The molecule has 0 amide bonds. The zero-order valence-corrected chi connectivity index (χ0v) is 13.2. The van der Waals surface area contributed by atoms with Gasteiger partial charge in [-0.25, -0.2) is 0 Å². The molecular weight excluding hydrogens is 296 g/mol. The van der Waals surface area contributed by atoms with Gasteiger partial charge < -0.3 is 25.7 Å². The van der Waals surface area contributed by atoms with E-state index in [1.807, 2.05) is 0 Å². The Hall–Kier alpha value is -2.47. The summed E-state index contributed by atoms with van der Waals surface area (Å²) in [4.78, 5) is 10.7. The lowest BCUT2D eigenvalue weighted by atomic mass is 10.1. The first-order valence-corrected chi connectivity index (χ1v) is 7.45. The molecule has 0 saturated carbocycles. The molecule has 6 heteroatoms. The molecule has 1 aliphatic rings. The molecule has 4 N–H and O–H groups in total. The molecule has 1 unspecified atom stereocenters. The number of carbonyl (C=O) groups excluding carboxylic acids is 1. The summed E-state index contributed by atoms with van der Waals surface area (Å²) in [5.74, 6) is 0.531. The van der Waals surface area contributed by atoms with Crippen molar-refractivity contribution in [1.82, 2.24) is 0 Å². The Balaban J connectivity index is 2.13. The summed E-state index contributed by atoms with van der Waals surface area (Å²) in [7, 11) is 1.50. The lowest BCUT2D eigenvalue weighted by molar-refractivity contribution is -0.0269. The SMILES string of the molecule is COC(/C=C(\N)c1ccc(C=O)cc1)=C(/N)OC1CCCOC1. The number of hydrogen-bond acceptors (Lipinski definition) is 6. The molecule has 1 aromatic rings. The second-order valence-corrected chi connectivity index (χ2v) is 5.23. The van der Waals surface area contributed by atoms with Crippen molar-refractivity contribution in [3.8, 4) is 0 Å². The van der Waals surface area contributed by atoms with Gasteiger partial charge in [0.25, 0.3) is 0 Å². The molecule has 0 spiro atoms. The van der Waals surface area contributed by atoms with Gasteiger partial charge in [-0.2, -0.15) is 0 Å². The highest BCUT2D eigenvalue weighted by atomic mass is 16.6. The van der Waals surface area contributed by atoms with E-state index >= 15 is 0 Å². The van der Waals surface area contributed by atoms with E-state index in [0.29, 0.717) is 23.6 Å². The van der Waals surface area contributed by atoms with Crippen molar-refractivity contribution >= 4 is 12.0 Å². The molecule has 1 aliphatic heterocycles. The van der Waals surface area contributed by atoms with Gasteiger partial charge in [-0.05, 0) is 18.4 Å². The molecule has 0 aromatic heterocycles. The van der Waals surface area contributed by atoms with Gasteiger partial charge in [-0.15, -0.1) is 0 Å². The standard InChI is InChI=1S/C17H22N2O4/c1-21-16(17(19)23-14-3-2-8-22-11-14)9-15(18)13-6-4-12(10-20)5-7-13/h4-7,9-10,14H,2-3,8,11,18-19H2,1H3/b15-9-,17-16-. The van der Waals surface area contributed by atoms with Crippen molar-refractivity contribution in [1.29, 1.82) is 0 Å². The Morgan fingerprint density at radius 3 is 2.61 bits per heavy atom. The number of carbonyl (C=O) groups is 1. The van der Waals surface area contributed by atoms with Gasteiger partial charge in [-0.1, -0.05) is 24.3 Å². The summed E-state index contributed by atoms with van der Waals surface area (Å²) < 4.78 is 16.3. The van der Waals surface area contributed by atoms with Crippen LogP contribution in [-0.2, 0) is 14.2 Å². The van der Waals surface area contributed by atoms with E-state index in [9.17, 15) is 4.79 Å². The Kier molecular flexibility index (Phi) is 6.05. The van der Waals surface area contributed by atoms with Crippen LogP contribution in [0, 0.1) is 0 Å². The summed E-state index contributed by atoms with van der Waals surface area (Å²) in [6.45, 7) is 1.27. The number of rotatable bonds is 6. The van der Waals surface area contributed by atoms with Crippen LogP contribution >= 0.6 is 0 Å². The fourth-order valence-electron chi connectivity index (χ4n) is 2.25. The number of ether oxygens (including phenoxy) is 3. The largest absolute Gasteiger partial charge is 0.491 e. The third kappa shape index (κ3) is 4.75. The second-order valence-electron chi connectivity index (χ2n) is 5.23. The maximum atomic E-state index is 10.7. The number of nitrogens with two attached hydrogens (primary N) is 2. The summed E-state index contributed by atoms with van der Waals surface area (Å²) >= 11 is 0. The minimum absolute atomic E-state index is 0.0737. The predicted molar refractivity (Wildman–Crippen MR) is 87.1 cm³/mol. The van der Waals surface area contributed by atoms with Crippen LogP contribution in [0.4, 0.5) is 0 Å². The quantitative estimate of drug-likeness (QED) is 0.471. The highest BCUT2D eigenvalue weighted by molar-refractivity contribution is 5.76. The van der Waals surface area contributed by atoms with Gasteiger partial charge >= 0.3 is 0 Å². The molecule has 0 aliphatic carbocycles. The minimum Gasteiger partial charge on any atom is -0.491 e. The summed E-state index contributed by atoms with van der Waals surface area (Å²) in [5, 5.41) is 0. The zero-order chi connectivity index (χ0) is 16.7. The van der Waals surface area contributed by atoms with Crippen molar-refractivity contribution < 1.29 is 19.0 Å². The molecule has 1 fully saturated rings. The molecule has 2 rings (SSSR count). The van der Waals surface area contributed by atoms with Crippen molar-refractivity contribution in [2.24, 2.45) is 11.5 Å². The third-order valence-electron chi connectivity index (χ3n) is 3.54. The molecule has 124 valence electrons. The molecule has 0 bridgehead atoms. The molecular formula is C17H22N2O4. The van der Waals surface area contributed by atoms with Crippen molar-refractivity contribution in [3.63, 3.8) is 0 Å². The van der Waals surface area contributed by atoms with E-state index in [4.69, 9.17) is 25.7 Å². The van der Waals surface area contributed by atoms with E-state index in [-0.39, 0.29) is 12.0 Å². The third-order valence-corrected chi connectivity index (χ3v) is 3.54. The Morgan fingerprint density at radius 2 is 2.04 bits per heavy atom. The van der Waals surface area contributed by atoms with Crippen molar-refractivity contribution in [3.05, 3.63) is 53.1 Å². The molecule has 1 aromatic carbocycles. The lowest BCUT2D eigenvalue weighted by Crippen LogP contribution is -2.27. The number of allylic oxidation sites excluding steroid dienone is 1. The molecule has 1 saturated heterocycles. The van der Waals surface area contributed by atoms with E-state index in [0.717, 1.165) is 31.3 Å². The van der Waals surface area contributed by atoms with Crippen LogP contribution in [0.25, 0.3) is 5.70 Å². The first kappa shape index (κ1) is 16.9. The van der Waals surface area contributed by atoms with Crippen molar-refractivity contribution in [2.45, 2.75) is 18.9 Å². The van der Waals surface area contributed by atoms with Gasteiger partial charge in [-0.3, -0.25) is 4.79 Å². The summed E-state index contributed by atoms with van der Waals surface area (Å²) in [6, 6.07) is 6.90. The summed E-state index contributed by atoms with van der Waals surface area (Å²) in [5.41, 5.74) is 13.8. The Morgan fingerprint density at radius 1 is 1.30 bits per heavy atom. The van der Waals surface area contributed by atoms with Crippen LogP contribution in [0.2, 0.25) is 0 Å². The van der Waals surface area contributed by atoms with E-state index in [1.54, 1.807) is 30.3 Å². The van der Waals surface area contributed by atoms with Gasteiger partial charge in [0.15, 0.2) is 5.76 Å². The number of benzene rings is 1. The Bertz CT molecular complexity index is 587. The smallest absolute Gasteiger partial charge is 0.228 e. The lowest BCUT2D eigenvalue weighted by Gasteiger charge is -2.23. The van der Waals surface area contributed by atoms with Gasteiger partial charge in [0.2, 0.25) is 5.88 Å². The fourth-order valence-corrected chi connectivity index (χ4v) is 2.25. The maximum absolute atomic E-state index is 10.7. The number of aldehydes is 1. The predicted octanol–water partition coefficient (Wildman–Crippen LogP) is 1.77. The average Bonchev–Trinajstić information content (AvgIpc) is 2.60. The van der Waals surface area contributed by atoms with Gasteiger partial charge in [0.1, 0.15) is 12.4 Å². The molecule has 1 heterocycles. The molecule has 1 atom stereocenters. The maximum Gasteiger partial charge on any atom is 0.228 e. The van der Waals surface area contributed by atoms with Crippen LogP contribution in [0.1, 0.15) is 28.8 Å². The van der Waals surface area contributed by atoms with Gasteiger partial charge in [0, 0.05) is 23.9 Å². The highest BCUT2D eigenvalue weighted by Crippen LogP contribution is 2.17. The molecule has 6 nitrogen and oxygen atoms in total. The molecule has 0 radical (unpaired) electrons. The van der Waals surface area contributed by atoms with E-state index < -0.39 is 0 Å². The molecule has 23 heavy (non-hydrogen) atoms. The van der Waals surface area contributed by atoms with Crippen LogP contribution in [-0.4, -0.2) is 32.7 Å². The van der Waals surface area contributed by atoms with E-state index in [2.05, 4.69) is 0 Å². The minimum atomic E-state index is -0.0737. The topological polar surface area (TPSA) is 96.8 Å².